The molecule has 2 aromatic rings. The zero-order valence-corrected chi connectivity index (χ0v) is 14.4. The molecule has 0 saturated carbocycles. The molecule has 1 aliphatic rings. The van der Waals surface area contributed by atoms with Gasteiger partial charge in [-0.1, -0.05) is 37.3 Å². The average Bonchev–Trinajstić information content (AvgIpc) is 2.85. The maximum absolute atomic E-state index is 13.1. The second kappa shape index (κ2) is 7.68. The van der Waals surface area contributed by atoms with Gasteiger partial charge in [0.15, 0.2) is 0 Å². The summed E-state index contributed by atoms with van der Waals surface area (Å²) in [6.07, 6.45) is 0. The van der Waals surface area contributed by atoms with Crippen molar-refractivity contribution < 1.29 is 19.4 Å². The van der Waals surface area contributed by atoms with E-state index in [1.807, 2.05) is 49.4 Å². The van der Waals surface area contributed by atoms with Gasteiger partial charge >= 0.3 is 0 Å². The lowest BCUT2D eigenvalue weighted by Gasteiger charge is -2.30. The number of benzene rings is 2. The van der Waals surface area contributed by atoms with Gasteiger partial charge in [-0.3, -0.25) is 4.79 Å². The number of nitrogens with zero attached hydrogens (tertiary/aromatic N) is 1. The zero-order valence-electron chi connectivity index (χ0n) is 14.4. The van der Waals surface area contributed by atoms with Gasteiger partial charge in [0.2, 0.25) is 0 Å². The standard InChI is InChI=1S/C20H23NO4/c1-20(14-22)13-21(11-12-24-15-20)19(23)17-9-5-6-10-18(17)25-16-7-3-2-4-8-16/h2-10,22H,11-15H2,1H3. The van der Waals surface area contributed by atoms with Gasteiger partial charge in [0, 0.05) is 18.5 Å². The van der Waals surface area contributed by atoms with Crippen molar-refractivity contribution in [3.05, 3.63) is 60.2 Å². The second-order valence-corrected chi connectivity index (χ2v) is 6.66. The molecule has 1 aliphatic heterocycles. The van der Waals surface area contributed by atoms with Crippen LogP contribution in [0.4, 0.5) is 0 Å². The van der Waals surface area contributed by atoms with Gasteiger partial charge in [-0.25, -0.2) is 0 Å². The van der Waals surface area contributed by atoms with Crippen LogP contribution in [-0.4, -0.2) is 48.8 Å². The van der Waals surface area contributed by atoms with Gasteiger partial charge in [-0.15, -0.1) is 0 Å². The fourth-order valence-electron chi connectivity index (χ4n) is 2.87. The first-order chi connectivity index (χ1) is 12.1. The predicted molar refractivity (Wildman–Crippen MR) is 94.9 cm³/mol. The zero-order chi connectivity index (χ0) is 17.7. The lowest BCUT2D eigenvalue weighted by molar-refractivity contribution is 0.0340. The summed E-state index contributed by atoms with van der Waals surface area (Å²) in [5.41, 5.74) is 0.0510. The van der Waals surface area contributed by atoms with Crippen LogP contribution >= 0.6 is 0 Å². The summed E-state index contributed by atoms with van der Waals surface area (Å²) in [6.45, 7) is 3.73. The molecule has 3 rings (SSSR count). The predicted octanol–water partition coefficient (Wildman–Crippen LogP) is 2.95. The summed E-state index contributed by atoms with van der Waals surface area (Å²) in [4.78, 5) is 14.8. The Hall–Kier alpha value is -2.37. The van der Waals surface area contributed by atoms with Crippen LogP contribution in [0.2, 0.25) is 0 Å². The van der Waals surface area contributed by atoms with Crippen molar-refractivity contribution in [2.75, 3.05) is 32.9 Å². The van der Waals surface area contributed by atoms with E-state index in [1.54, 1.807) is 17.0 Å². The van der Waals surface area contributed by atoms with E-state index in [9.17, 15) is 9.90 Å². The summed E-state index contributed by atoms with van der Waals surface area (Å²) >= 11 is 0. The number of hydrogen-bond donors (Lipinski definition) is 1. The Morgan fingerprint density at radius 3 is 2.68 bits per heavy atom. The van der Waals surface area contributed by atoms with Crippen LogP contribution in [0.3, 0.4) is 0 Å². The van der Waals surface area contributed by atoms with Gasteiger partial charge in [-0.05, 0) is 24.3 Å². The van der Waals surface area contributed by atoms with Gasteiger partial charge in [-0.2, -0.15) is 0 Å². The first-order valence-electron chi connectivity index (χ1n) is 8.41. The summed E-state index contributed by atoms with van der Waals surface area (Å²) in [6, 6.07) is 16.6. The Morgan fingerprint density at radius 1 is 1.20 bits per heavy atom. The molecule has 1 heterocycles. The number of hydrogen-bond acceptors (Lipinski definition) is 4. The average molecular weight is 341 g/mol. The molecule has 1 unspecified atom stereocenters. The monoisotopic (exact) mass is 341 g/mol. The molecular formula is C20H23NO4. The topological polar surface area (TPSA) is 59.0 Å². The van der Waals surface area contributed by atoms with Gasteiger partial charge in [0.1, 0.15) is 11.5 Å². The molecule has 25 heavy (non-hydrogen) atoms. The fraction of sp³-hybridized carbons (Fsp3) is 0.350. The lowest BCUT2D eigenvalue weighted by atomic mass is 9.92. The number of carbonyl (C=O) groups excluding carboxylic acids is 1. The molecule has 1 atom stereocenters. The van der Waals surface area contributed by atoms with E-state index in [2.05, 4.69) is 0 Å². The minimum atomic E-state index is -0.457. The molecule has 132 valence electrons. The number of rotatable bonds is 4. The fourth-order valence-corrected chi connectivity index (χ4v) is 2.87. The molecule has 1 N–H and O–H groups in total. The summed E-state index contributed by atoms with van der Waals surface area (Å²) in [7, 11) is 0. The summed E-state index contributed by atoms with van der Waals surface area (Å²) < 4.78 is 11.5. The van der Waals surface area contributed by atoms with Crippen LogP contribution in [-0.2, 0) is 4.74 Å². The Labute approximate surface area is 147 Å². The Balaban J connectivity index is 1.84. The number of amides is 1. The highest BCUT2D eigenvalue weighted by Crippen LogP contribution is 2.28. The second-order valence-electron chi connectivity index (χ2n) is 6.66. The van der Waals surface area contributed by atoms with Gasteiger partial charge in [0.05, 0.1) is 25.4 Å². The van der Waals surface area contributed by atoms with Crippen LogP contribution in [0.15, 0.2) is 54.6 Å². The van der Waals surface area contributed by atoms with Crippen LogP contribution in [0.25, 0.3) is 0 Å². The molecular weight excluding hydrogens is 318 g/mol. The SMILES string of the molecule is CC1(CO)COCCN(C(=O)c2ccccc2Oc2ccccc2)C1. The van der Waals surface area contributed by atoms with Crippen LogP contribution in [0.5, 0.6) is 11.5 Å². The lowest BCUT2D eigenvalue weighted by Crippen LogP contribution is -2.42. The molecule has 1 saturated heterocycles. The Kier molecular flexibility index (Phi) is 5.36. The first-order valence-corrected chi connectivity index (χ1v) is 8.41. The van der Waals surface area contributed by atoms with Crippen molar-refractivity contribution >= 4 is 5.91 Å². The molecule has 5 nitrogen and oxygen atoms in total. The third kappa shape index (κ3) is 4.18. The molecule has 0 aliphatic carbocycles. The van der Waals surface area contributed by atoms with Crippen LogP contribution in [0, 0.1) is 5.41 Å². The van der Waals surface area contributed by atoms with E-state index in [0.717, 1.165) is 0 Å². The minimum absolute atomic E-state index is 0.0288. The maximum atomic E-state index is 13.1. The number of aliphatic hydroxyl groups excluding tert-OH is 1. The molecule has 1 fully saturated rings. The molecule has 0 aromatic heterocycles. The first kappa shape index (κ1) is 17.5. The highest BCUT2D eigenvalue weighted by atomic mass is 16.5. The van der Waals surface area contributed by atoms with Crippen molar-refractivity contribution in [3.8, 4) is 11.5 Å². The van der Waals surface area contributed by atoms with Gasteiger partial charge in [0.25, 0.3) is 5.91 Å². The van der Waals surface area contributed by atoms with E-state index in [4.69, 9.17) is 9.47 Å². The van der Waals surface area contributed by atoms with Crippen molar-refractivity contribution in [2.45, 2.75) is 6.92 Å². The van der Waals surface area contributed by atoms with E-state index in [0.29, 0.717) is 43.4 Å². The molecule has 1 amide bonds. The van der Waals surface area contributed by atoms with E-state index >= 15 is 0 Å². The minimum Gasteiger partial charge on any atom is -0.457 e. The molecule has 0 bridgehead atoms. The maximum Gasteiger partial charge on any atom is 0.257 e. The van der Waals surface area contributed by atoms with Crippen molar-refractivity contribution in [1.29, 1.82) is 0 Å². The van der Waals surface area contributed by atoms with E-state index in [1.165, 1.54) is 0 Å². The molecule has 0 spiro atoms. The molecule has 0 radical (unpaired) electrons. The van der Waals surface area contributed by atoms with Crippen LogP contribution < -0.4 is 4.74 Å². The largest absolute Gasteiger partial charge is 0.457 e. The molecule has 5 heteroatoms. The van der Waals surface area contributed by atoms with Crippen molar-refractivity contribution in [1.82, 2.24) is 4.90 Å². The number of aliphatic hydroxyl groups is 1. The van der Waals surface area contributed by atoms with Crippen molar-refractivity contribution in [2.24, 2.45) is 5.41 Å². The summed E-state index contributed by atoms with van der Waals surface area (Å²) in [5, 5.41) is 9.65. The van der Waals surface area contributed by atoms with E-state index in [-0.39, 0.29) is 12.5 Å². The quantitative estimate of drug-likeness (QED) is 0.929. The summed E-state index contributed by atoms with van der Waals surface area (Å²) in [5.74, 6) is 1.09. The smallest absolute Gasteiger partial charge is 0.257 e. The van der Waals surface area contributed by atoms with E-state index < -0.39 is 5.41 Å². The van der Waals surface area contributed by atoms with Gasteiger partial charge < -0.3 is 19.5 Å². The highest BCUT2D eigenvalue weighted by Gasteiger charge is 2.32. The van der Waals surface area contributed by atoms with Crippen molar-refractivity contribution in [3.63, 3.8) is 0 Å². The number of carbonyl (C=O) groups is 1. The Morgan fingerprint density at radius 2 is 1.92 bits per heavy atom. The number of para-hydroxylation sites is 2. The van der Waals surface area contributed by atoms with Crippen LogP contribution in [0.1, 0.15) is 17.3 Å². The Bertz CT molecular complexity index is 719. The highest BCUT2D eigenvalue weighted by molar-refractivity contribution is 5.97. The molecule has 2 aromatic carbocycles. The number of ether oxygens (including phenoxy) is 2. The third-order valence-electron chi connectivity index (χ3n) is 4.29. The normalized spacial score (nSPS) is 20.8. The third-order valence-corrected chi connectivity index (χ3v) is 4.29.